The van der Waals surface area contributed by atoms with Gasteiger partial charge < -0.3 is 20.4 Å². The van der Waals surface area contributed by atoms with E-state index in [-0.39, 0.29) is 37.5 Å². The molecular formula is C17H24O8. The van der Waals surface area contributed by atoms with E-state index in [0.717, 1.165) is 6.42 Å². The first-order valence-corrected chi connectivity index (χ1v) is 8.57. The van der Waals surface area contributed by atoms with Crippen LogP contribution in [0, 0.1) is 22.7 Å². The Kier molecular flexibility index (Phi) is 5.39. The minimum atomic E-state index is -1.69. The largest absolute Gasteiger partial charge is 0.480 e. The summed E-state index contributed by atoms with van der Waals surface area (Å²) in [6.45, 7) is 0. The van der Waals surface area contributed by atoms with Gasteiger partial charge in [-0.25, -0.2) is 0 Å². The van der Waals surface area contributed by atoms with Gasteiger partial charge in [0, 0.05) is 0 Å². The molecular weight excluding hydrogens is 332 g/mol. The van der Waals surface area contributed by atoms with Crippen LogP contribution in [0.2, 0.25) is 0 Å². The van der Waals surface area contributed by atoms with Crippen molar-refractivity contribution in [1.82, 2.24) is 0 Å². The van der Waals surface area contributed by atoms with Crippen molar-refractivity contribution in [3.05, 3.63) is 0 Å². The summed E-state index contributed by atoms with van der Waals surface area (Å²) in [4.78, 5) is 45.3. The van der Waals surface area contributed by atoms with Crippen LogP contribution in [0.25, 0.3) is 0 Å². The average Bonchev–Trinajstić information content (AvgIpc) is 2.55. The smallest absolute Gasteiger partial charge is 0.321 e. The van der Waals surface area contributed by atoms with E-state index in [1.54, 1.807) is 0 Å². The summed E-state index contributed by atoms with van der Waals surface area (Å²) in [5.74, 6) is -4.74. The Morgan fingerprint density at radius 2 is 0.840 bits per heavy atom. The van der Waals surface area contributed by atoms with Crippen molar-refractivity contribution >= 4 is 23.9 Å². The zero-order valence-electron chi connectivity index (χ0n) is 13.9. The van der Waals surface area contributed by atoms with Gasteiger partial charge in [-0.1, -0.05) is 0 Å². The van der Waals surface area contributed by atoms with E-state index in [2.05, 4.69) is 0 Å². The molecule has 2 fully saturated rings. The Bertz CT molecular complexity index is 483. The summed E-state index contributed by atoms with van der Waals surface area (Å²) in [6.07, 6.45) is 3.22. The lowest BCUT2D eigenvalue weighted by Crippen LogP contribution is -2.43. The third-order valence-electron chi connectivity index (χ3n) is 6.22. The van der Waals surface area contributed by atoms with Crippen LogP contribution in [0.1, 0.15) is 57.8 Å². The molecule has 0 amide bonds. The summed E-state index contributed by atoms with van der Waals surface area (Å²) in [5, 5.41) is 36.9. The third-order valence-corrected chi connectivity index (χ3v) is 6.22. The molecule has 4 N–H and O–H groups in total. The molecule has 0 atom stereocenters. The molecule has 2 aliphatic rings. The predicted molar refractivity (Wildman–Crippen MR) is 83.9 cm³/mol. The van der Waals surface area contributed by atoms with Crippen LogP contribution in [0.3, 0.4) is 0 Å². The van der Waals surface area contributed by atoms with E-state index in [1.807, 2.05) is 0 Å². The second-order valence-electron chi connectivity index (χ2n) is 7.51. The molecule has 0 bridgehead atoms. The van der Waals surface area contributed by atoms with Gasteiger partial charge in [0.1, 0.15) is 0 Å². The number of rotatable bonds is 6. The maximum absolute atomic E-state index is 11.3. The third kappa shape index (κ3) is 3.48. The molecule has 0 radical (unpaired) electrons. The molecule has 0 unspecified atom stereocenters. The van der Waals surface area contributed by atoms with Crippen LogP contribution in [0.4, 0.5) is 0 Å². The summed E-state index contributed by atoms with van der Waals surface area (Å²) in [5.41, 5.74) is -3.38. The Labute approximate surface area is 144 Å². The van der Waals surface area contributed by atoms with Crippen LogP contribution < -0.4 is 0 Å². The molecule has 0 aliphatic heterocycles. The van der Waals surface area contributed by atoms with Gasteiger partial charge in [0.25, 0.3) is 0 Å². The zero-order valence-corrected chi connectivity index (χ0v) is 13.9. The Morgan fingerprint density at radius 1 is 0.600 bits per heavy atom. The lowest BCUT2D eigenvalue weighted by Gasteiger charge is -2.38. The highest BCUT2D eigenvalue weighted by atomic mass is 16.4. The fourth-order valence-electron chi connectivity index (χ4n) is 4.32. The maximum Gasteiger partial charge on any atom is 0.321 e. The number of hydrogen-bond acceptors (Lipinski definition) is 4. The van der Waals surface area contributed by atoms with E-state index in [4.69, 9.17) is 0 Å². The standard InChI is InChI=1S/C17H24O8/c18-12(19)16(13(20)21)5-1-10(2-6-16)9-11-3-7-17(8-4-11,14(22)23)15(24)25/h10-11H,1-9H2,(H,18,19)(H,20,21)(H,22,23)(H,24,25). The van der Waals surface area contributed by atoms with Crippen LogP contribution in [-0.4, -0.2) is 44.3 Å². The quantitative estimate of drug-likeness (QED) is 0.528. The Morgan fingerprint density at radius 3 is 1.04 bits per heavy atom. The second kappa shape index (κ2) is 7.01. The summed E-state index contributed by atoms with van der Waals surface area (Å²) >= 11 is 0. The normalized spacial score (nSPS) is 23.7. The van der Waals surface area contributed by atoms with Gasteiger partial charge >= 0.3 is 23.9 Å². The van der Waals surface area contributed by atoms with Gasteiger partial charge in [-0.15, -0.1) is 0 Å². The van der Waals surface area contributed by atoms with E-state index in [9.17, 15) is 39.6 Å². The zero-order chi connectivity index (χ0) is 18.8. The fourth-order valence-corrected chi connectivity index (χ4v) is 4.32. The highest BCUT2D eigenvalue weighted by Gasteiger charge is 2.51. The Hall–Kier alpha value is -2.12. The maximum atomic E-state index is 11.3. The first-order chi connectivity index (χ1) is 11.6. The van der Waals surface area contributed by atoms with Crippen molar-refractivity contribution in [1.29, 1.82) is 0 Å². The summed E-state index contributed by atoms with van der Waals surface area (Å²) < 4.78 is 0. The molecule has 2 saturated carbocycles. The topological polar surface area (TPSA) is 149 Å². The number of carboxylic acids is 4. The van der Waals surface area contributed by atoms with Crippen LogP contribution in [-0.2, 0) is 19.2 Å². The molecule has 25 heavy (non-hydrogen) atoms. The monoisotopic (exact) mass is 356 g/mol. The first kappa shape index (κ1) is 19.2. The van der Waals surface area contributed by atoms with Crippen molar-refractivity contribution in [2.75, 3.05) is 0 Å². The van der Waals surface area contributed by atoms with E-state index in [0.29, 0.717) is 25.7 Å². The van der Waals surface area contributed by atoms with Gasteiger partial charge in [0.15, 0.2) is 10.8 Å². The summed E-state index contributed by atoms with van der Waals surface area (Å²) in [6, 6.07) is 0. The highest BCUT2D eigenvalue weighted by Crippen LogP contribution is 2.46. The van der Waals surface area contributed by atoms with Crippen molar-refractivity contribution < 1.29 is 39.6 Å². The number of hydrogen-bond donors (Lipinski definition) is 4. The Balaban J connectivity index is 1.90. The molecule has 0 aromatic rings. The van der Waals surface area contributed by atoms with Gasteiger partial charge in [0.05, 0.1) is 0 Å². The molecule has 0 aromatic carbocycles. The molecule has 140 valence electrons. The van der Waals surface area contributed by atoms with Crippen LogP contribution in [0.5, 0.6) is 0 Å². The molecule has 0 saturated heterocycles. The fraction of sp³-hybridized carbons (Fsp3) is 0.765. The lowest BCUT2D eigenvalue weighted by molar-refractivity contribution is -0.169. The van der Waals surface area contributed by atoms with Crippen molar-refractivity contribution in [3.8, 4) is 0 Å². The molecule has 0 heterocycles. The molecule has 0 aromatic heterocycles. The number of aliphatic carboxylic acids is 4. The van der Waals surface area contributed by atoms with E-state index < -0.39 is 34.7 Å². The first-order valence-electron chi connectivity index (χ1n) is 8.57. The van der Waals surface area contributed by atoms with Gasteiger partial charge in [0.2, 0.25) is 0 Å². The number of carboxylic acid groups (broad SMARTS) is 4. The average molecular weight is 356 g/mol. The van der Waals surface area contributed by atoms with Crippen molar-refractivity contribution in [2.24, 2.45) is 22.7 Å². The van der Waals surface area contributed by atoms with E-state index in [1.165, 1.54) is 0 Å². The van der Waals surface area contributed by atoms with Gasteiger partial charge in [-0.3, -0.25) is 19.2 Å². The van der Waals surface area contributed by atoms with Crippen LogP contribution in [0.15, 0.2) is 0 Å². The van der Waals surface area contributed by atoms with Gasteiger partial charge in [-0.05, 0) is 69.6 Å². The van der Waals surface area contributed by atoms with Crippen molar-refractivity contribution in [3.63, 3.8) is 0 Å². The van der Waals surface area contributed by atoms with E-state index >= 15 is 0 Å². The SMILES string of the molecule is O=C(O)C1(C(=O)O)CCC(CC2CCC(C(=O)O)(C(=O)O)CC2)CC1. The summed E-state index contributed by atoms with van der Waals surface area (Å²) in [7, 11) is 0. The predicted octanol–water partition coefficient (Wildman–Crippen LogP) is 2.07. The lowest BCUT2D eigenvalue weighted by atomic mass is 9.65. The molecule has 8 heteroatoms. The second-order valence-corrected chi connectivity index (χ2v) is 7.51. The minimum absolute atomic E-state index is 0.100. The van der Waals surface area contributed by atoms with Crippen LogP contribution >= 0.6 is 0 Å². The molecule has 2 rings (SSSR count). The van der Waals surface area contributed by atoms with Gasteiger partial charge in [-0.2, -0.15) is 0 Å². The molecule has 2 aliphatic carbocycles. The number of carbonyl (C=O) groups is 4. The molecule has 8 nitrogen and oxygen atoms in total. The highest BCUT2D eigenvalue weighted by molar-refractivity contribution is 5.98. The van der Waals surface area contributed by atoms with Crippen molar-refractivity contribution in [2.45, 2.75) is 57.8 Å². The molecule has 0 spiro atoms. The minimum Gasteiger partial charge on any atom is -0.480 e.